The molecule has 626 valence electrons. The van der Waals surface area contributed by atoms with E-state index in [0.717, 1.165) is 131 Å². The molecule has 1 aliphatic rings. The number of aromatic nitrogens is 6. The van der Waals surface area contributed by atoms with Crippen molar-refractivity contribution < 1.29 is 18.4 Å². The molecule has 20 aromatic rings. The van der Waals surface area contributed by atoms with Crippen molar-refractivity contribution in [3.63, 3.8) is 0 Å². The molecule has 0 bridgehead atoms. The van der Waals surface area contributed by atoms with Crippen LogP contribution in [-0.2, 0) is 18.4 Å². The maximum absolute atomic E-state index is 14.9. The third-order valence-corrected chi connectivity index (χ3v) is 30.9. The second-order valence-electron chi connectivity index (χ2n) is 33.1. The third kappa shape index (κ3) is 18.0. The van der Waals surface area contributed by atoms with Gasteiger partial charge in [0.15, 0.2) is 49.2 Å². The van der Waals surface area contributed by atoms with Gasteiger partial charge < -0.3 is 18.4 Å². The summed E-state index contributed by atoms with van der Waals surface area (Å²) in [6.45, 7) is 8.33. The third-order valence-electron chi connectivity index (χ3n) is 24.3. The quantitative estimate of drug-likeness (QED) is 0.0605. The van der Waals surface area contributed by atoms with E-state index in [0.29, 0.717) is 34.9 Å². The van der Waals surface area contributed by atoms with Gasteiger partial charge in [-0.3, -0.25) is 0 Å². The Kier molecular flexibility index (Phi) is 24.4. The highest BCUT2D eigenvalue weighted by Crippen LogP contribution is 2.46. The fourth-order valence-corrected chi connectivity index (χ4v) is 22.1. The molecule has 0 unspecified atom stereocenters. The molecule has 2 aromatic heterocycles. The minimum absolute atomic E-state index is 0.387. The lowest BCUT2D eigenvalue weighted by atomic mass is 9.78. The molecule has 1 saturated heterocycles. The summed E-state index contributed by atoms with van der Waals surface area (Å²) in [5, 5.41) is 9.79. The van der Waals surface area contributed by atoms with Gasteiger partial charge in [0.05, 0.1) is 11.2 Å². The summed E-state index contributed by atoms with van der Waals surface area (Å²) in [5.41, 5.74) is 17.1. The number of hydrogen-bond acceptors (Lipinski definition) is 10. The van der Waals surface area contributed by atoms with Crippen molar-refractivity contribution in [2.24, 2.45) is 0 Å². The molecule has 0 saturated carbocycles. The summed E-state index contributed by atoms with van der Waals surface area (Å²) in [7, 11) is -6.27. The van der Waals surface area contributed by atoms with Gasteiger partial charge in [-0.05, 0) is 159 Å². The highest BCUT2D eigenvalue weighted by molar-refractivity contribution is 9.10. The molecular formula is C116H88BBrN6O4P2. The first-order valence-corrected chi connectivity index (χ1v) is 47.6. The Morgan fingerprint density at radius 1 is 0.215 bits per heavy atom. The summed E-state index contributed by atoms with van der Waals surface area (Å²) in [6.07, 6.45) is 0. The maximum atomic E-state index is 14.9. The Morgan fingerprint density at radius 3 is 0.654 bits per heavy atom. The van der Waals surface area contributed by atoms with Crippen LogP contribution in [0.5, 0.6) is 0 Å². The van der Waals surface area contributed by atoms with Gasteiger partial charge in [-0.2, -0.15) is 0 Å². The van der Waals surface area contributed by atoms with E-state index in [1.165, 1.54) is 21.5 Å². The number of fused-ring (bicyclic) bond motifs is 2. The molecule has 14 heteroatoms. The van der Waals surface area contributed by atoms with Crippen LogP contribution in [0.3, 0.4) is 0 Å². The summed E-state index contributed by atoms with van der Waals surface area (Å²) in [4.78, 5) is 29.5. The Bertz CT molecular complexity index is 7260. The van der Waals surface area contributed by atoms with E-state index in [1.807, 2.05) is 279 Å². The van der Waals surface area contributed by atoms with E-state index >= 15 is 0 Å². The minimum Gasteiger partial charge on any atom is -0.399 e. The van der Waals surface area contributed by atoms with Crippen LogP contribution in [0.25, 0.3) is 146 Å². The van der Waals surface area contributed by atoms with Crippen molar-refractivity contribution >= 4 is 96.2 Å². The second kappa shape index (κ2) is 37.4. The Hall–Kier alpha value is -14.6. The van der Waals surface area contributed by atoms with Crippen molar-refractivity contribution in [3.05, 3.63) is 466 Å². The molecule has 0 N–H and O–H groups in total. The van der Waals surface area contributed by atoms with Crippen molar-refractivity contribution in [3.8, 4) is 124 Å². The van der Waals surface area contributed by atoms with E-state index < -0.39 is 21.4 Å². The highest BCUT2D eigenvalue weighted by Gasteiger charge is 2.52. The van der Waals surface area contributed by atoms with Gasteiger partial charge in [-0.25, -0.2) is 29.9 Å². The van der Waals surface area contributed by atoms with Gasteiger partial charge in [0.25, 0.3) is 0 Å². The molecule has 1 aliphatic heterocycles. The standard InChI is InChI=1S/C55H38N3OP.C43H36BN3O2.C18H14BrOP/c59-60(48-21-9-3-10-22-48,49-23-11-4-12-24-49)50-35-33-40(34-36-50)39-25-27-41(28-26-39)51-37-46-19-13-14-20-47(46)38-52(51)42-29-31-45(32-30-42)55-57-53(43-15-5-1-6-16-43)56-54(58-55)44-17-7-2-8-18-44;1-42(2)43(3,4)49-44(48-42)36-25-23-30(24-26-36)38-28-35-18-12-11-17-34(35)27-37(38)29-19-21-33(22-20-29)41-46-39(31-13-7-5-8-14-31)45-40(47-41)32-15-9-6-10-16-32;19-15-11-13-18(14-12-15)21(20,16-7-3-1-4-8-16)17-9-5-2-6-10-17/h1-38H;5-28H,1-4H3;1-14H. The molecular weight excluding hydrogens is 1690 g/mol. The molecule has 0 amide bonds. The summed E-state index contributed by atoms with van der Waals surface area (Å²) >= 11 is 3.43. The van der Waals surface area contributed by atoms with Crippen LogP contribution in [0.1, 0.15) is 27.7 Å². The van der Waals surface area contributed by atoms with Crippen LogP contribution in [0, 0.1) is 0 Å². The van der Waals surface area contributed by atoms with Crippen molar-refractivity contribution in [1.82, 2.24) is 29.9 Å². The average Bonchev–Trinajstić information content (AvgIpc) is 1.35. The molecule has 0 spiro atoms. The predicted octanol–water partition coefficient (Wildman–Crippen LogP) is 26.4. The predicted molar refractivity (Wildman–Crippen MR) is 543 cm³/mol. The van der Waals surface area contributed by atoms with Crippen LogP contribution < -0.4 is 37.3 Å². The maximum Gasteiger partial charge on any atom is 0.494 e. The Labute approximate surface area is 767 Å². The zero-order valence-electron chi connectivity index (χ0n) is 72.0. The topological polar surface area (TPSA) is 130 Å². The first-order valence-electron chi connectivity index (χ1n) is 43.4. The zero-order valence-corrected chi connectivity index (χ0v) is 75.4. The molecule has 21 rings (SSSR count). The van der Waals surface area contributed by atoms with Crippen LogP contribution in [-0.4, -0.2) is 48.2 Å². The van der Waals surface area contributed by atoms with Gasteiger partial charge >= 0.3 is 7.12 Å². The molecule has 0 radical (unpaired) electrons. The molecule has 3 heterocycles. The van der Waals surface area contributed by atoms with E-state index in [9.17, 15) is 9.13 Å². The number of benzene rings is 18. The largest absolute Gasteiger partial charge is 0.494 e. The van der Waals surface area contributed by atoms with Crippen LogP contribution in [0.4, 0.5) is 0 Å². The Morgan fingerprint density at radius 2 is 0.400 bits per heavy atom. The second-order valence-corrected chi connectivity index (χ2v) is 39.5. The lowest BCUT2D eigenvalue weighted by Crippen LogP contribution is -2.41. The van der Waals surface area contributed by atoms with Crippen LogP contribution >= 0.6 is 30.2 Å². The van der Waals surface area contributed by atoms with Gasteiger partial charge in [-0.15, -0.1) is 0 Å². The van der Waals surface area contributed by atoms with Crippen molar-refractivity contribution in [1.29, 1.82) is 0 Å². The van der Waals surface area contributed by atoms with Gasteiger partial charge in [0.1, 0.15) is 0 Å². The number of halogens is 1. The normalized spacial score (nSPS) is 12.8. The Balaban J connectivity index is 0.000000140. The smallest absolute Gasteiger partial charge is 0.399 e. The lowest BCUT2D eigenvalue weighted by molar-refractivity contribution is 0.00578. The first-order chi connectivity index (χ1) is 63.5. The lowest BCUT2D eigenvalue weighted by Gasteiger charge is -2.32. The molecule has 10 nitrogen and oxygen atoms in total. The zero-order chi connectivity index (χ0) is 88.6. The van der Waals surface area contributed by atoms with Crippen LogP contribution in [0.2, 0.25) is 0 Å². The molecule has 0 atom stereocenters. The van der Waals surface area contributed by atoms with Gasteiger partial charge in [0.2, 0.25) is 0 Å². The fourth-order valence-electron chi connectivity index (χ4n) is 16.5. The van der Waals surface area contributed by atoms with Crippen LogP contribution in [0.15, 0.2) is 466 Å². The SMILES string of the molecule is CC1(C)OB(c2ccc(-c3cc4ccccc4cc3-c3ccc(-c4nc(-c5ccccc5)nc(-c5ccccc5)n4)cc3)cc2)OC1(C)C.O=P(c1ccccc1)(c1ccccc1)c1ccc(-c2ccc(-c3cc4ccccc4cc3-c3ccc(-c4nc(-c5ccccc5)nc(-c5ccccc5)n4)cc3)cc2)cc1.O=P(c1ccccc1)(c1ccccc1)c1ccc(Br)cc1. The van der Waals surface area contributed by atoms with Crippen molar-refractivity contribution in [2.45, 2.75) is 38.9 Å². The number of hydrogen-bond donors (Lipinski definition) is 0. The van der Waals surface area contributed by atoms with E-state index in [2.05, 4.69) is 226 Å². The van der Waals surface area contributed by atoms with E-state index in [4.69, 9.17) is 39.2 Å². The first kappa shape index (κ1) is 84.9. The van der Waals surface area contributed by atoms with Gasteiger partial charge in [0, 0.05) is 69.7 Å². The van der Waals surface area contributed by atoms with E-state index in [1.54, 1.807) is 0 Å². The highest BCUT2D eigenvalue weighted by atomic mass is 79.9. The van der Waals surface area contributed by atoms with Gasteiger partial charge in [-0.1, -0.05) is 428 Å². The summed E-state index contributed by atoms with van der Waals surface area (Å²) in [6, 6.07) is 156. The van der Waals surface area contributed by atoms with Crippen molar-refractivity contribution in [2.75, 3.05) is 0 Å². The summed E-state index contributed by atoms with van der Waals surface area (Å²) < 4.78 is 42.5. The average molecular weight is 1780 g/mol. The molecule has 18 aromatic carbocycles. The molecule has 1 fully saturated rings. The molecule has 0 aliphatic carbocycles. The number of nitrogens with zero attached hydrogens (tertiary/aromatic N) is 6. The van der Waals surface area contributed by atoms with E-state index in [-0.39, 0.29) is 11.2 Å². The summed E-state index contributed by atoms with van der Waals surface area (Å²) in [5.74, 6) is 3.83. The molecule has 130 heavy (non-hydrogen) atoms. The number of rotatable bonds is 18. The minimum atomic E-state index is -3.05. The fraction of sp³-hybridized carbons (Fsp3) is 0.0517. The monoisotopic (exact) mass is 1780 g/mol.